The molecule has 0 radical (unpaired) electrons. The van der Waals surface area contributed by atoms with Crippen LogP contribution >= 0.6 is 11.6 Å². The number of pyridine rings is 1. The molecule has 0 amide bonds. The molecule has 0 bridgehead atoms. The summed E-state index contributed by atoms with van der Waals surface area (Å²) >= 11 is 5.96. The number of aromatic nitrogens is 4. The van der Waals surface area contributed by atoms with Crippen LogP contribution in [-0.4, -0.2) is 37.4 Å². The SMILES string of the molecule is COC(=O)C[C@@H](c1c(O)nc2ccc(Cl)cn2c1=O)c1ccnn1C. The van der Waals surface area contributed by atoms with Crippen LogP contribution in [0.2, 0.25) is 5.02 Å². The summed E-state index contributed by atoms with van der Waals surface area (Å²) in [4.78, 5) is 28.8. The van der Waals surface area contributed by atoms with E-state index in [1.54, 1.807) is 25.4 Å². The van der Waals surface area contributed by atoms with E-state index in [1.165, 1.54) is 28.5 Å². The third-order valence-corrected chi connectivity index (χ3v) is 4.19. The third-order valence-electron chi connectivity index (χ3n) is 3.96. The number of aryl methyl sites for hydroxylation is 1. The number of hydrogen-bond donors (Lipinski definition) is 1. The van der Waals surface area contributed by atoms with E-state index in [1.807, 2.05) is 0 Å². The first-order valence-corrected chi connectivity index (χ1v) is 7.75. The number of nitrogens with zero attached hydrogens (tertiary/aromatic N) is 4. The van der Waals surface area contributed by atoms with Crippen LogP contribution in [0.25, 0.3) is 5.65 Å². The van der Waals surface area contributed by atoms with Crippen molar-refractivity contribution in [2.75, 3.05) is 7.11 Å². The number of carbonyl (C=O) groups is 1. The quantitative estimate of drug-likeness (QED) is 0.706. The van der Waals surface area contributed by atoms with Crippen LogP contribution in [0.15, 0.2) is 35.4 Å². The molecule has 1 atom stereocenters. The molecule has 3 aromatic rings. The fourth-order valence-electron chi connectivity index (χ4n) is 2.75. The van der Waals surface area contributed by atoms with Gasteiger partial charge < -0.3 is 9.84 Å². The van der Waals surface area contributed by atoms with Gasteiger partial charge in [0.2, 0.25) is 5.88 Å². The predicted molar refractivity (Wildman–Crippen MR) is 89.8 cm³/mol. The van der Waals surface area contributed by atoms with Crippen LogP contribution < -0.4 is 5.56 Å². The average Bonchev–Trinajstić information content (AvgIpc) is 3.00. The molecule has 0 aliphatic carbocycles. The molecule has 0 aliphatic heterocycles. The van der Waals surface area contributed by atoms with E-state index in [0.717, 1.165) is 0 Å². The highest BCUT2D eigenvalue weighted by molar-refractivity contribution is 6.30. The Bertz CT molecular complexity index is 1010. The van der Waals surface area contributed by atoms with E-state index in [2.05, 4.69) is 10.1 Å². The van der Waals surface area contributed by atoms with E-state index >= 15 is 0 Å². The van der Waals surface area contributed by atoms with Crippen molar-refractivity contribution in [1.82, 2.24) is 19.2 Å². The van der Waals surface area contributed by atoms with Crippen molar-refractivity contribution in [3.8, 4) is 5.88 Å². The van der Waals surface area contributed by atoms with Gasteiger partial charge in [-0.3, -0.25) is 18.7 Å². The number of hydrogen-bond acceptors (Lipinski definition) is 6. The molecule has 25 heavy (non-hydrogen) atoms. The monoisotopic (exact) mass is 362 g/mol. The summed E-state index contributed by atoms with van der Waals surface area (Å²) < 4.78 is 7.49. The van der Waals surface area contributed by atoms with Gasteiger partial charge in [0, 0.05) is 31.1 Å². The lowest BCUT2D eigenvalue weighted by Gasteiger charge is -2.17. The largest absolute Gasteiger partial charge is 0.493 e. The summed E-state index contributed by atoms with van der Waals surface area (Å²) in [6.45, 7) is 0. The molecule has 0 saturated carbocycles. The lowest BCUT2D eigenvalue weighted by atomic mass is 9.93. The predicted octanol–water partition coefficient (Wildman–Crippen LogP) is 1.48. The summed E-state index contributed by atoms with van der Waals surface area (Å²) in [6, 6.07) is 4.75. The van der Waals surface area contributed by atoms with E-state index in [9.17, 15) is 14.7 Å². The molecule has 130 valence electrons. The summed E-state index contributed by atoms with van der Waals surface area (Å²) in [5.74, 6) is -1.74. The molecule has 0 saturated heterocycles. The van der Waals surface area contributed by atoms with Crippen LogP contribution in [-0.2, 0) is 16.6 Å². The van der Waals surface area contributed by atoms with Gasteiger partial charge in [-0.05, 0) is 18.2 Å². The molecule has 0 spiro atoms. The summed E-state index contributed by atoms with van der Waals surface area (Å²) in [6.07, 6.45) is 2.81. The second-order valence-electron chi connectivity index (χ2n) is 5.44. The molecule has 0 aromatic carbocycles. The first-order valence-electron chi connectivity index (χ1n) is 7.38. The molecule has 9 heteroatoms. The number of methoxy groups -OCH3 is 1. The number of fused-ring (bicyclic) bond motifs is 1. The zero-order chi connectivity index (χ0) is 18.1. The number of ether oxygens (including phenoxy) is 1. The average molecular weight is 363 g/mol. The second-order valence-corrected chi connectivity index (χ2v) is 5.88. The van der Waals surface area contributed by atoms with Gasteiger partial charge in [0.05, 0.1) is 24.1 Å². The van der Waals surface area contributed by atoms with Gasteiger partial charge in [-0.25, -0.2) is 0 Å². The summed E-state index contributed by atoms with van der Waals surface area (Å²) in [5, 5.41) is 14.8. The molecule has 0 aliphatic rings. The number of aromatic hydroxyl groups is 1. The van der Waals surface area contributed by atoms with Crippen LogP contribution in [0.3, 0.4) is 0 Å². The van der Waals surface area contributed by atoms with E-state index < -0.39 is 23.3 Å². The number of esters is 1. The maximum absolute atomic E-state index is 12.9. The molecule has 3 rings (SSSR count). The fourth-order valence-corrected chi connectivity index (χ4v) is 2.91. The van der Waals surface area contributed by atoms with Crippen molar-refractivity contribution in [3.63, 3.8) is 0 Å². The Morgan fingerprint density at radius 2 is 2.16 bits per heavy atom. The molecular weight excluding hydrogens is 348 g/mol. The Hall–Kier alpha value is -2.87. The Morgan fingerprint density at radius 1 is 1.40 bits per heavy atom. The van der Waals surface area contributed by atoms with Crippen molar-refractivity contribution in [1.29, 1.82) is 0 Å². The Balaban J connectivity index is 2.27. The number of halogens is 1. The fraction of sp³-hybridized carbons (Fsp3) is 0.250. The molecule has 8 nitrogen and oxygen atoms in total. The van der Waals surface area contributed by atoms with Crippen LogP contribution in [0, 0.1) is 0 Å². The Kier molecular flexibility index (Phi) is 4.45. The van der Waals surface area contributed by atoms with Crippen LogP contribution in [0.4, 0.5) is 0 Å². The third kappa shape index (κ3) is 3.08. The second kappa shape index (κ2) is 6.56. The van der Waals surface area contributed by atoms with Crippen molar-refractivity contribution >= 4 is 23.2 Å². The van der Waals surface area contributed by atoms with Gasteiger partial charge in [-0.2, -0.15) is 10.1 Å². The first-order chi connectivity index (χ1) is 11.9. The normalized spacial score (nSPS) is 12.3. The number of rotatable bonds is 4. The minimum atomic E-state index is -0.768. The standard InChI is InChI=1S/C16H15ClN4O4/c1-20-11(5-6-18-20)10(7-13(22)25-2)14-15(23)19-12-4-3-9(17)8-21(12)16(14)24/h3-6,8,10,23H,7H2,1-2H3/t10-/m1/s1. The van der Waals surface area contributed by atoms with Crippen LogP contribution in [0.5, 0.6) is 5.88 Å². The van der Waals surface area contributed by atoms with E-state index in [-0.39, 0.29) is 17.6 Å². The Morgan fingerprint density at radius 3 is 2.80 bits per heavy atom. The minimum absolute atomic E-state index is 0.0197. The highest BCUT2D eigenvalue weighted by Gasteiger charge is 2.28. The van der Waals surface area contributed by atoms with Gasteiger partial charge in [0.25, 0.3) is 5.56 Å². The minimum Gasteiger partial charge on any atom is -0.493 e. The van der Waals surface area contributed by atoms with Crippen molar-refractivity contribution in [2.45, 2.75) is 12.3 Å². The van der Waals surface area contributed by atoms with E-state index in [4.69, 9.17) is 16.3 Å². The maximum Gasteiger partial charge on any atom is 0.306 e. The molecule has 0 unspecified atom stereocenters. The first kappa shape index (κ1) is 17.0. The topological polar surface area (TPSA) is 98.7 Å². The lowest BCUT2D eigenvalue weighted by molar-refractivity contribution is -0.140. The molecule has 0 fully saturated rings. The summed E-state index contributed by atoms with van der Waals surface area (Å²) in [7, 11) is 2.94. The molecule has 1 N–H and O–H groups in total. The van der Waals surface area contributed by atoms with Gasteiger partial charge in [-0.1, -0.05) is 11.6 Å². The lowest BCUT2D eigenvalue weighted by Crippen LogP contribution is -2.25. The zero-order valence-electron chi connectivity index (χ0n) is 13.5. The van der Waals surface area contributed by atoms with Gasteiger partial charge in [0.15, 0.2) is 0 Å². The van der Waals surface area contributed by atoms with Crippen LogP contribution in [0.1, 0.15) is 23.6 Å². The molecule has 3 aromatic heterocycles. The van der Waals surface area contributed by atoms with Gasteiger partial charge >= 0.3 is 5.97 Å². The van der Waals surface area contributed by atoms with Crippen molar-refractivity contribution in [3.05, 3.63) is 57.2 Å². The van der Waals surface area contributed by atoms with Gasteiger partial charge in [-0.15, -0.1) is 0 Å². The van der Waals surface area contributed by atoms with Gasteiger partial charge in [0.1, 0.15) is 5.65 Å². The Labute approximate surface area is 147 Å². The highest BCUT2D eigenvalue weighted by Crippen LogP contribution is 2.31. The van der Waals surface area contributed by atoms with Crippen molar-refractivity contribution in [2.24, 2.45) is 7.05 Å². The number of carbonyl (C=O) groups excluding carboxylic acids is 1. The summed E-state index contributed by atoms with van der Waals surface area (Å²) in [5.41, 5.74) is 0.285. The molecule has 3 heterocycles. The van der Waals surface area contributed by atoms with Crippen molar-refractivity contribution < 1.29 is 14.6 Å². The zero-order valence-corrected chi connectivity index (χ0v) is 14.3. The van der Waals surface area contributed by atoms with E-state index in [0.29, 0.717) is 10.7 Å². The highest BCUT2D eigenvalue weighted by atomic mass is 35.5. The molecular formula is C16H15ClN4O4. The smallest absolute Gasteiger partial charge is 0.306 e. The maximum atomic E-state index is 12.9.